The van der Waals surface area contributed by atoms with Crippen molar-refractivity contribution in [1.29, 1.82) is 0 Å². The van der Waals surface area contributed by atoms with Gasteiger partial charge in [0.15, 0.2) is 0 Å². The van der Waals surface area contributed by atoms with E-state index < -0.39 is 12.1 Å². The van der Waals surface area contributed by atoms with Crippen molar-refractivity contribution in [2.24, 2.45) is 29.6 Å². The van der Waals surface area contributed by atoms with Crippen molar-refractivity contribution in [3.63, 3.8) is 0 Å². The number of nitrogens with zero attached hydrogens (tertiary/aromatic N) is 1. The van der Waals surface area contributed by atoms with Gasteiger partial charge in [0, 0.05) is 32.0 Å². The van der Waals surface area contributed by atoms with E-state index in [0.29, 0.717) is 32.0 Å². The van der Waals surface area contributed by atoms with E-state index >= 15 is 0 Å². The number of carboxylic acid groups (broad SMARTS) is 1. The van der Waals surface area contributed by atoms with E-state index in [4.69, 9.17) is 4.74 Å². The number of alkyl carbamates (subject to hydrolysis) is 1. The molecule has 1 saturated heterocycles. The monoisotopic (exact) mass is 474 g/mol. The molecule has 4 aliphatic rings. The smallest absolute Gasteiger partial charge is 0.407 e. The molecule has 3 fully saturated rings. The minimum absolute atomic E-state index is 0.0187. The summed E-state index contributed by atoms with van der Waals surface area (Å²) in [7, 11) is 0. The third kappa shape index (κ3) is 4.17. The minimum atomic E-state index is -0.741. The van der Waals surface area contributed by atoms with Gasteiger partial charge in [-0.3, -0.25) is 9.59 Å². The van der Waals surface area contributed by atoms with Crippen LogP contribution in [0.25, 0.3) is 11.1 Å². The fraction of sp³-hybridized carbons (Fsp3) is 0.464. The van der Waals surface area contributed by atoms with Crippen molar-refractivity contribution < 1.29 is 24.2 Å². The number of fused-ring (bicyclic) bond motifs is 4. The van der Waals surface area contributed by atoms with E-state index in [1.54, 1.807) is 0 Å². The van der Waals surface area contributed by atoms with Crippen LogP contribution in [-0.2, 0) is 14.3 Å². The van der Waals surface area contributed by atoms with Crippen LogP contribution in [0.1, 0.15) is 36.3 Å². The Morgan fingerprint density at radius 1 is 0.971 bits per heavy atom. The number of ether oxygens (including phenoxy) is 1. The van der Waals surface area contributed by atoms with Gasteiger partial charge in [-0.05, 0) is 58.8 Å². The fourth-order valence-electron chi connectivity index (χ4n) is 6.29. The first-order chi connectivity index (χ1) is 17.0. The molecule has 3 unspecified atom stereocenters. The van der Waals surface area contributed by atoms with Crippen LogP contribution in [0.3, 0.4) is 0 Å². The second-order valence-electron chi connectivity index (χ2n) is 10.5. The molecule has 6 rings (SSSR count). The van der Waals surface area contributed by atoms with Crippen molar-refractivity contribution in [2.45, 2.75) is 25.2 Å². The molecule has 2 N–H and O–H groups in total. The van der Waals surface area contributed by atoms with Gasteiger partial charge in [-0.2, -0.15) is 0 Å². The summed E-state index contributed by atoms with van der Waals surface area (Å²) in [4.78, 5) is 38.4. The van der Waals surface area contributed by atoms with Gasteiger partial charge >= 0.3 is 12.1 Å². The topological polar surface area (TPSA) is 95.9 Å². The Labute approximate surface area is 204 Å². The van der Waals surface area contributed by atoms with Crippen molar-refractivity contribution in [3.8, 4) is 11.1 Å². The molecule has 3 atom stereocenters. The maximum absolute atomic E-state index is 12.8. The first-order valence-electron chi connectivity index (χ1n) is 12.6. The summed E-state index contributed by atoms with van der Waals surface area (Å²) in [5.41, 5.74) is 4.74. The zero-order chi connectivity index (χ0) is 24.1. The zero-order valence-corrected chi connectivity index (χ0v) is 19.6. The molecule has 2 aromatic carbocycles. The van der Waals surface area contributed by atoms with Crippen LogP contribution in [-0.4, -0.2) is 54.2 Å². The molecule has 7 heteroatoms. The lowest BCUT2D eigenvalue weighted by atomic mass is 9.98. The summed E-state index contributed by atoms with van der Waals surface area (Å²) in [6, 6.07) is 16.5. The van der Waals surface area contributed by atoms with E-state index in [0.717, 1.165) is 12.8 Å². The lowest BCUT2D eigenvalue weighted by Gasteiger charge is -2.23. The molecular weight excluding hydrogens is 444 g/mol. The molecule has 2 aromatic rings. The molecule has 0 radical (unpaired) electrons. The lowest BCUT2D eigenvalue weighted by molar-refractivity contribution is -0.141. The molecule has 35 heavy (non-hydrogen) atoms. The number of rotatable bonds is 8. The molecular formula is C28H30N2O5. The predicted octanol–water partition coefficient (Wildman–Crippen LogP) is 3.73. The van der Waals surface area contributed by atoms with Gasteiger partial charge in [0.2, 0.25) is 5.91 Å². The van der Waals surface area contributed by atoms with Crippen LogP contribution in [0.5, 0.6) is 0 Å². The summed E-state index contributed by atoms with van der Waals surface area (Å²) in [5.74, 6) is -0.127. The van der Waals surface area contributed by atoms with E-state index in [1.165, 1.54) is 22.3 Å². The van der Waals surface area contributed by atoms with Gasteiger partial charge in [-0.25, -0.2) is 4.79 Å². The highest BCUT2D eigenvalue weighted by Gasteiger charge is 2.60. The number of hydrogen-bond donors (Lipinski definition) is 2. The van der Waals surface area contributed by atoms with Crippen molar-refractivity contribution in [2.75, 3.05) is 26.2 Å². The Kier molecular flexibility index (Phi) is 5.50. The molecule has 3 aliphatic carbocycles. The van der Waals surface area contributed by atoms with Crippen LogP contribution in [0.4, 0.5) is 4.79 Å². The number of nitrogens with one attached hydrogen (secondary N) is 1. The van der Waals surface area contributed by atoms with Crippen LogP contribution in [0.2, 0.25) is 0 Å². The summed E-state index contributed by atoms with van der Waals surface area (Å²) < 4.78 is 5.65. The number of piperidine rings is 1. The Morgan fingerprint density at radius 2 is 1.57 bits per heavy atom. The standard InChI is InChI=1S/C28H30N2O5/c31-25(30-13-22-23(14-30)26(22)27(32)33)11-17(16-9-10-16)12-29-28(34)35-15-24-20-7-3-1-5-18(20)19-6-2-4-8-21(19)24/h1-8,16-17,22-24,26H,9-15H2,(H,29,34)(H,32,33). The fourth-order valence-corrected chi connectivity index (χ4v) is 6.29. The molecule has 2 amide bonds. The third-order valence-electron chi connectivity index (χ3n) is 8.41. The Balaban J connectivity index is 1.01. The summed E-state index contributed by atoms with van der Waals surface area (Å²) in [6.07, 6.45) is 2.11. The van der Waals surface area contributed by atoms with E-state index in [9.17, 15) is 19.5 Å². The second kappa shape index (κ2) is 8.70. The van der Waals surface area contributed by atoms with E-state index in [1.807, 2.05) is 29.2 Å². The molecule has 1 aliphatic heterocycles. The SMILES string of the molecule is O=C(NCC(CC(=O)N1CC2C(C1)C2C(=O)O)C1CC1)OCC1c2ccccc2-c2ccccc21. The van der Waals surface area contributed by atoms with Gasteiger partial charge < -0.3 is 20.1 Å². The summed E-state index contributed by atoms with van der Waals surface area (Å²) >= 11 is 0. The highest BCUT2D eigenvalue weighted by molar-refractivity contribution is 5.80. The van der Waals surface area contributed by atoms with E-state index in [2.05, 4.69) is 29.6 Å². The molecule has 7 nitrogen and oxygen atoms in total. The Morgan fingerprint density at radius 3 is 2.14 bits per heavy atom. The quantitative estimate of drug-likeness (QED) is 0.608. The van der Waals surface area contributed by atoms with Crippen LogP contribution in [0, 0.1) is 29.6 Å². The first-order valence-corrected chi connectivity index (χ1v) is 12.6. The number of amides is 2. The number of aliphatic carboxylic acids is 1. The Bertz CT molecular complexity index is 1120. The first kappa shape index (κ1) is 22.1. The van der Waals surface area contributed by atoms with Crippen LogP contribution >= 0.6 is 0 Å². The maximum atomic E-state index is 12.8. The normalized spacial score (nSPS) is 24.8. The van der Waals surface area contributed by atoms with Gasteiger partial charge in [0.25, 0.3) is 0 Å². The number of carbonyl (C=O) groups excluding carboxylic acids is 2. The Hall–Kier alpha value is -3.35. The molecule has 1 heterocycles. The van der Waals surface area contributed by atoms with Gasteiger partial charge in [0.1, 0.15) is 6.61 Å². The predicted molar refractivity (Wildman–Crippen MR) is 129 cm³/mol. The largest absolute Gasteiger partial charge is 0.481 e. The second-order valence-corrected chi connectivity index (χ2v) is 10.5. The molecule has 0 aromatic heterocycles. The number of carboxylic acids is 1. The summed E-state index contributed by atoms with van der Waals surface area (Å²) in [6.45, 7) is 1.80. The maximum Gasteiger partial charge on any atom is 0.407 e. The number of benzene rings is 2. The number of hydrogen-bond acceptors (Lipinski definition) is 4. The third-order valence-corrected chi connectivity index (χ3v) is 8.41. The zero-order valence-electron chi connectivity index (χ0n) is 19.6. The average molecular weight is 475 g/mol. The molecule has 2 saturated carbocycles. The van der Waals surface area contributed by atoms with Crippen LogP contribution in [0.15, 0.2) is 48.5 Å². The minimum Gasteiger partial charge on any atom is -0.481 e. The van der Waals surface area contributed by atoms with Crippen molar-refractivity contribution >= 4 is 18.0 Å². The van der Waals surface area contributed by atoms with Gasteiger partial charge in [-0.15, -0.1) is 0 Å². The number of likely N-dealkylation sites (tertiary alicyclic amines) is 1. The lowest BCUT2D eigenvalue weighted by Crippen LogP contribution is -2.37. The van der Waals surface area contributed by atoms with Crippen molar-refractivity contribution in [3.05, 3.63) is 59.7 Å². The van der Waals surface area contributed by atoms with Crippen molar-refractivity contribution in [1.82, 2.24) is 10.2 Å². The average Bonchev–Trinajstić information content (AvgIpc) is 3.76. The van der Waals surface area contributed by atoms with Gasteiger partial charge in [-0.1, -0.05) is 48.5 Å². The van der Waals surface area contributed by atoms with Crippen LogP contribution < -0.4 is 5.32 Å². The van der Waals surface area contributed by atoms with Gasteiger partial charge in [0.05, 0.1) is 5.92 Å². The number of carbonyl (C=O) groups is 3. The highest BCUT2D eigenvalue weighted by Crippen LogP contribution is 2.52. The summed E-state index contributed by atoms with van der Waals surface area (Å²) in [5, 5.41) is 12.1. The molecule has 0 bridgehead atoms. The van der Waals surface area contributed by atoms with E-state index in [-0.39, 0.29) is 42.1 Å². The molecule has 0 spiro atoms. The molecule has 182 valence electrons. The highest BCUT2D eigenvalue weighted by atomic mass is 16.5.